The second kappa shape index (κ2) is 13.0. The maximum atomic E-state index is 10.2. The Morgan fingerprint density at radius 3 is 0.808 bits per heavy atom. The first-order valence-corrected chi connectivity index (χ1v) is 17.9. The molecule has 0 amide bonds. The Morgan fingerprint density at radius 2 is 0.538 bits per heavy atom. The predicted octanol–water partition coefficient (Wildman–Crippen LogP) is 7.97. The highest BCUT2D eigenvalue weighted by molar-refractivity contribution is 6.31. The number of fused-ring (bicyclic) bond motifs is 8. The molecule has 1 aliphatic rings. The SMILES string of the molecule is Oc1ccc(C2=c3ccc([nH]3)=C(c3ccc(Cl)cc3)c3ccc([nH]3)C(c3ccc(Cl)cc3)=c3ccc([nH]3)=C(c3ccc(Cl)cc3)c3ccc2[nH]3)cc1. The highest BCUT2D eigenvalue weighted by Gasteiger charge is 2.18. The van der Waals surface area contributed by atoms with Crippen LogP contribution in [-0.4, -0.2) is 25.0 Å². The molecular weight excluding hydrogens is 707 g/mol. The minimum Gasteiger partial charge on any atom is -0.508 e. The maximum Gasteiger partial charge on any atom is 0.115 e. The molecule has 8 bridgehead atoms. The third kappa shape index (κ3) is 5.89. The number of aromatic nitrogens is 4. The predicted molar refractivity (Wildman–Crippen MR) is 211 cm³/mol. The van der Waals surface area contributed by atoms with E-state index in [1.54, 1.807) is 12.1 Å². The highest BCUT2D eigenvalue weighted by Crippen LogP contribution is 2.29. The summed E-state index contributed by atoms with van der Waals surface area (Å²) in [4.78, 5) is 15.1. The van der Waals surface area contributed by atoms with E-state index in [9.17, 15) is 5.11 Å². The van der Waals surface area contributed by atoms with Gasteiger partial charge in [-0.25, -0.2) is 0 Å². The van der Waals surface area contributed by atoms with E-state index in [4.69, 9.17) is 34.8 Å². The molecular formula is C44H29Cl3N4O. The van der Waals surface area contributed by atoms with Crippen molar-refractivity contribution in [3.63, 3.8) is 0 Å². The van der Waals surface area contributed by atoms with Gasteiger partial charge in [-0.05, 0) is 119 Å². The summed E-state index contributed by atoms with van der Waals surface area (Å²) in [5.74, 6) is 0.202. The zero-order valence-electron chi connectivity index (χ0n) is 27.4. The van der Waals surface area contributed by atoms with Gasteiger partial charge in [0.05, 0.1) is 0 Å². The molecule has 0 spiro atoms. The molecule has 0 unspecified atom stereocenters. The Morgan fingerprint density at radius 1 is 0.288 bits per heavy atom. The van der Waals surface area contributed by atoms with E-state index in [0.29, 0.717) is 15.1 Å². The molecule has 1 aliphatic heterocycles. The number of phenols is 1. The van der Waals surface area contributed by atoms with Crippen LogP contribution in [0.4, 0.5) is 0 Å². The minimum absolute atomic E-state index is 0.202. The fraction of sp³-hybridized carbons (Fsp3) is 0. The van der Waals surface area contributed by atoms with Gasteiger partial charge in [-0.3, -0.25) is 0 Å². The van der Waals surface area contributed by atoms with Crippen LogP contribution in [0.15, 0.2) is 146 Å². The van der Waals surface area contributed by atoms with E-state index in [1.807, 2.05) is 84.9 Å². The number of H-pyrrole nitrogens is 4. The van der Waals surface area contributed by atoms with Crippen LogP contribution in [0.5, 0.6) is 5.75 Å². The standard InChI is InChI=1S/C44H29Cl3N4O/c45-29-9-1-25(2-10-29)41-33-17-19-35(48-33)42(26-3-11-30(46)12-4-26)37-21-23-39(50-37)44(28-7-15-32(52)16-8-28)40-24-22-38(51-40)43(36-20-18-34(41)49-36)27-5-13-31(47)14-6-27/h1-24,48-52H. The first kappa shape index (κ1) is 32.1. The van der Waals surface area contributed by atoms with Crippen molar-refractivity contribution < 1.29 is 5.11 Å². The van der Waals surface area contributed by atoms with Gasteiger partial charge >= 0.3 is 0 Å². The van der Waals surface area contributed by atoms with E-state index >= 15 is 0 Å². The average Bonchev–Trinajstić information content (AvgIpc) is 3.99. The summed E-state index contributed by atoms with van der Waals surface area (Å²) in [6, 6.07) is 47.8. The van der Waals surface area contributed by atoms with Crippen molar-refractivity contribution in [3.05, 3.63) is 227 Å². The molecule has 8 heteroatoms. The van der Waals surface area contributed by atoms with Crippen molar-refractivity contribution in [1.29, 1.82) is 0 Å². The molecule has 4 aromatic carbocycles. The first-order valence-electron chi connectivity index (χ1n) is 16.7. The number of phenolic OH excluding ortho intramolecular Hbond substituents is 1. The Balaban J connectivity index is 1.43. The molecule has 0 saturated heterocycles. The number of hydrogen-bond acceptors (Lipinski definition) is 1. The Bertz CT molecular complexity index is 2470. The van der Waals surface area contributed by atoms with E-state index in [0.717, 1.165) is 88.7 Å². The Kier molecular flexibility index (Phi) is 8.05. The monoisotopic (exact) mass is 734 g/mol. The summed E-state index contributed by atoms with van der Waals surface area (Å²) in [6.45, 7) is 0. The zero-order chi connectivity index (χ0) is 35.3. The van der Waals surface area contributed by atoms with Crippen LogP contribution in [0.2, 0.25) is 15.1 Å². The Labute approximate surface area is 313 Å². The van der Waals surface area contributed by atoms with E-state index < -0.39 is 0 Å². The van der Waals surface area contributed by atoms with Crippen molar-refractivity contribution in [2.24, 2.45) is 0 Å². The average molecular weight is 736 g/mol. The van der Waals surface area contributed by atoms with Crippen LogP contribution < -0.4 is 21.4 Å². The molecule has 8 aromatic rings. The summed E-state index contributed by atoms with van der Waals surface area (Å²) in [5, 5.41) is 15.9. The lowest BCUT2D eigenvalue weighted by atomic mass is 10.0. The quantitative estimate of drug-likeness (QED) is 0.125. The largest absolute Gasteiger partial charge is 0.508 e. The lowest BCUT2D eigenvalue weighted by Crippen LogP contribution is -2.19. The maximum absolute atomic E-state index is 10.2. The van der Waals surface area contributed by atoms with Crippen molar-refractivity contribution in [3.8, 4) is 5.75 Å². The van der Waals surface area contributed by atoms with Crippen molar-refractivity contribution >= 4 is 57.1 Å². The van der Waals surface area contributed by atoms with Gasteiger partial charge in [0.25, 0.3) is 0 Å². The number of rotatable bonds is 4. The van der Waals surface area contributed by atoms with E-state index in [2.05, 4.69) is 68.5 Å². The first-order chi connectivity index (χ1) is 25.4. The van der Waals surface area contributed by atoms with Crippen molar-refractivity contribution in [2.45, 2.75) is 0 Å². The fourth-order valence-corrected chi connectivity index (χ4v) is 7.43. The van der Waals surface area contributed by atoms with Crippen LogP contribution >= 0.6 is 34.8 Å². The van der Waals surface area contributed by atoms with E-state index in [-0.39, 0.29) is 5.75 Å². The lowest BCUT2D eigenvalue weighted by Gasteiger charge is -2.10. The molecule has 5 N–H and O–H groups in total. The molecule has 5 nitrogen and oxygen atoms in total. The van der Waals surface area contributed by atoms with Crippen LogP contribution in [0.1, 0.15) is 45.0 Å². The zero-order valence-corrected chi connectivity index (χ0v) is 29.7. The number of hydrogen-bond donors (Lipinski definition) is 5. The van der Waals surface area contributed by atoms with Gasteiger partial charge < -0.3 is 25.0 Å². The summed E-state index contributed by atoms with van der Waals surface area (Å²) in [6.07, 6.45) is 0. The molecule has 52 heavy (non-hydrogen) atoms. The number of aromatic amines is 4. The lowest BCUT2D eigenvalue weighted by molar-refractivity contribution is 0.475. The molecule has 4 aromatic heterocycles. The molecule has 0 atom stereocenters. The molecule has 0 aliphatic carbocycles. The third-order valence-electron chi connectivity index (χ3n) is 9.45. The summed E-state index contributed by atoms with van der Waals surface area (Å²) >= 11 is 19.1. The van der Waals surface area contributed by atoms with Gasteiger partial charge in [-0.2, -0.15) is 0 Å². The summed E-state index contributed by atoms with van der Waals surface area (Å²) in [7, 11) is 0. The molecule has 9 rings (SSSR count). The number of aromatic hydroxyl groups is 1. The molecule has 252 valence electrons. The number of benzene rings is 4. The Hall–Kier alpha value is -5.85. The van der Waals surface area contributed by atoms with Gasteiger partial charge in [-0.15, -0.1) is 0 Å². The van der Waals surface area contributed by atoms with Gasteiger partial charge in [-0.1, -0.05) is 83.3 Å². The third-order valence-corrected chi connectivity index (χ3v) is 10.2. The van der Waals surface area contributed by atoms with E-state index in [1.165, 1.54) is 0 Å². The fourth-order valence-electron chi connectivity index (χ4n) is 7.05. The minimum atomic E-state index is 0.202. The number of halogens is 3. The smallest absolute Gasteiger partial charge is 0.115 e. The molecule has 0 fully saturated rings. The van der Waals surface area contributed by atoms with Crippen LogP contribution in [0, 0.1) is 0 Å². The second-order valence-corrected chi connectivity index (χ2v) is 14.0. The molecule has 0 saturated carbocycles. The topological polar surface area (TPSA) is 83.4 Å². The van der Waals surface area contributed by atoms with Crippen LogP contribution in [0.25, 0.3) is 22.3 Å². The van der Waals surface area contributed by atoms with Gasteiger partial charge in [0.1, 0.15) is 5.75 Å². The highest BCUT2D eigenvalue weighted by atomic mass is 35.5. The van der Waals surface area contributed by atoms with Crippen LogP contribution in [-0.2, 0) is 0 Å². The van der Waals surface area contributed by atoms with Crippen LogP contribution in [0.3, 0.4) is 0 Å². The normalized spacial score (nSPS) is 12.8. The van der Waals surface area contributed by atoms with Gasteiger partial charge in [0.15, 0.2) is 0 Å². The van der Waals surface area contributed by atoms with Crippen molar-refractivity contribution in [1.82, 2.24) is 19.9 Å². The van der Waals surface area contributed by atoms with Gasteiger partial charge in [0.2, 0.25) is 0 Å². The van der Waals surface area contributed by atoms with Crippen molar-refractivity contribution in [2.75, 3.05) is 0 Å². The van der Waals surface area contributed by atoms with Gasteiger partial charge in [0, 0.05) is 81.5 Å². The number of nitrogens with one attached hydrogen (secondary N) is 4. The summed E-state index contributed by atoms with van der Waals surface area (Å²) in [5.41, 5.74) is 11.5. The summed E-state index contributed by atoms with van der Waals surface area (Å²) < 4.78 is 0. The molecule has 5 heterocycles. The molecule has 0 radical (unpaired) electrons. The second-order valence-electron chi connectivity index (χ2n) is 12.7.